The number of carbonyl (C=O) groups is 1. The van der Waals surface area contributed by atoms with Crippen molar-refractivity contribution in [2.45, 2.75) is 19.8 Å². The highest BCUT2D eigenvalue weighted by atomic mass is 16.2. The summed E-state index contributed by atoms with van der Waals surface area (Å²) in [5.74, 6) is 0.155. The fraction of sp³-hybridized carbons (Fsp3) is 0.562. The molecule has 0 aliphatic carbocycles. The van der Waals surface area contributed by atoms with Gasteiger partial charge in [0.15, 0.2) is 0 Å². The molecule has 2 rings (SSSR count). The van der Waals surface area contributed by atoms with Gasteiger partial charge in [-0.25, -0.2) is 0 Å². The zero-order valence-electron chi connectivity index (χ0n) is 12.3. The van der Waals surface area contributed by atoms with Gasteiger partial charge < -0.3 is 15.5 Å². The molecule has 0 aromatic heterocycles. The van der Waals surface area contributed by atoms with E-state index in [9.17, 15) is 4.79 Å². The molecule has 0 saturated carbocycles. The summed E-state index contributed by atoms with van der Waals surface area (Å²) in [6.07, 6.45) is 2.03. The van der Waals surface area contributed by atoms with Crippen LogP contribution in [0, 0.1) is 0 Å². The molecule has 1 saturated heterocycles. The Kier molecular flexibility index (Phi) is 5.56. The maximum Gasteiger partial charge on any atom is 0.253 e. The van der Waals surface area contributed by atoms with Gasteiger partial charge >= 0.3 is 0 Å². The Morgan fingerprint density at radius 3 is 2.55 bits per heavy atom. The van der Waals surface area contributed by atoms with Crippen molar-refractivity contribution >= 4 is 5.91 Å². The largest absolute Gasteiger partial charge is 0.337 e. The standard InChI is InChI=1S/C16H25N3O/c1-2-14-4-6-15(7-5-14)16(20)19-10-3-9-18(11-8-17)12-13-19/h4-7H,2-3,8-13,17H2,1H3. The van der Waals surface area contributed by atoms with Gasteiger partial charge in [-0.3, -0.25) is 4.79 Å². The minimum absolute atomic E-state index is 0.155. The van der Waals surface area contributed by atoms with E-state index < -0.39 is 0 Å². The summed E-state index contributed by atoms with van der Waals surface area (Å²) < 4.78 is 0. The normalized spacial score (nSPS) is 17.0. The van der Waals surface area contributed by atoms with Crippen LogP contribution in [0.2, 0.25) is 0 Å². The number of carbonyl (C=O) groups excluding carboxylic acids is 1. The average molecular weight is 275 g/mol. The van der Waals surface area contributed by atoms with E-state index in [1.165, 1.54) is 5.56 Å². The highest BCUT2D eigenvalue weighted by molar-refractivity contribution is 5.94. The van der Waals surface area contributed by atoms with E-state index in [0.717, 1.165) is 51.1 Å². The van der Waals surface area contributed by atoms with E-state index in [0.29, 0.717) is 6.54 Å². The van der Waals surface area contributed by atoms with Crippen molar-refractivity contribution < 1.29 is 4.79 Å². The van der Waals surface area contributed by atoms with E-state index >= 15 is 0 Å². The second kappa shape index (κ2) is 7.41. The quantitative estimate of drug-likeness (QED) is 0.902. The number of benzene rings is 1. The average Bonchev–Trinajstić information content (AvgIpc) is 2.73. The second-order valence-corrected chi connectivity index (χ2v) is 5.33. The molecule has 1 heterocycles. The monoisotopic (exact) mass is 275 g/mol. The molecule has 20 heavy (non-hydrogen) atoms. The molecular formula is C16H25N3O. The lowest BCUT2D eigenvalue weighted by Gasteiger charge is -2.21. The van der Waals surface area contributed by atoms with Gasteiger partial charge in [0.2, 0.25) is 0 Å². The van der Waals surface area contributed by atoms with Crippen molar-refractivity contribution in [3.63, 3.8) is 0 Å². The van der Waals surface area contributed by atoms with E-state index in [-0.39, 0.29) is 5.91 Å². The highest BCUT2D eigenvalue weighted by Gasteiger charge is 2.19. The van der Waals surface area contributed by atoms with E-state index in [1.54, 1.807) is 0 Å². The molecule has 4 heteroatoms. The molecule has 1 amide bonds. The van der Waals surface area contributed by atoms with Crippen molar-refractivity contribution in [1.82, 2.24) is 9.80 Å². The fourth-order valence-corrected chi connectivity index (χ4v) is 2.65. The van der Waals surface area contributed by atoms with Crippen molar-refractivity contribution in [3.05, 3.63) is 35.4 Å². The number of aryl methyl sites for hydroxylation is 1. The molecular weight excluding hydrogens is 250 g/mol. The minimum atomic E-state index is 0.155. The second-order valence-electron chi connectivity index (χ2n) is 5.33. The van der Waals surface area contributed by atoms with Crippen molar-refractivity contribution in [2.24, 2.45) is 5.73 Å². The summed E-state index contributed by atoms with van der Waals surface area (Å²) in [5, 5.41) is 0. The van der Waals surface area contributed by atoms with Crippen LogP contribution < -0.4 is 5.73 Å². The summed E-state index contributed by atoms with van der Waals surface area (Å²) in [6.45, 7) is 7.34. The molecule has 1 aliphatic heterocycles. The maximum atomic E-state index is 12.5. The first-order chi connectivity index (χ1) is 9.74. The van der Waals surface area contributed by atoms with Gasteiger partial charge in [0.05, 0.1) is 0 Å². The van der Waals surface area contributed by atoms with E-state index in [2.05, 4.69) is 11.8 Å². The van der Waals surface area contributed by atoms with E-state index in [4.69, 9.17) is 5.73 Å². The van der Waals surface area contributed by atoms with Crippen LogP contribution >= 0.6 is 0 Å². The smallest absolute Gasteiger partial charge is 0.253 e. The van der Waals surface area contributed by atoms with Crippen LogP contribution in [0.5, 0.6) is 0 Å². The van der Waals surface area contributed by atoms with Crippen molar-refractivity contribution in [1.29, 1.82) is 0 Å². The van der Waals surface area contributed by atoms with E-state index in [1.807, 2.05) is 29.2 Å². The Balaban J connectivity index is 1.97. The SMILES string of the molecule is CCc1ccc(C(=O)N2CCCN(CCN)CC2)cc1. The van der Waals surface area contributed by atoms with Crippen LogP contribution in [0.25, 0.3) is 0 Å². The zero-order chi connectivity index (χ0) is 14.4. The van der Waals surface area contributed by atoms with Crippen LogP contribution in [0.1, 0.15) is 29.3 Å². The van der Waals surface area contributed by atoms with Crippen LogP contribution in [0.3, 0.4) is 0 Å². The van der Waals surface area contributed by atoms with Crippen molar-refractivity contribution in [2.75, 3.05) is 39.3 Å². The lowest BCUT2D eigenvalue weighted by Crippen LogP contribution is -2.36. The Labute approximate surface area is 121 Å². The Morgan fingerprint density at radius 1 is 1.15 bits per heavy atom. The number of amides is 1. The van der Waals surface area contributed by atoms with Gasteiger partial charge in [-0.2, -0.15) is 0 Å². The molecule has 0 spiro atoms. The molecule has 0 radical (unpaired) electrons. The Hall–Kier alpha value is -1.39. The fourth-order valence-electron chi connectivity index (χ4n) is 2.65. The molecule has 1 aliphatic rings. The molecule has 1 aromatic rings. The van der Waals surface area contributed by atoms with Crippen LogP contribution in [-0.4, -0.2) is 55.0 Å². The van der Waals surface area contributed by atoms with Gasteiger partial charge in [-0.1, -0.05) is 19.1 Å². The molecule has 110 valence electrons. The predicted molar refractivity (Wildman–Crippen MR) is 81.8 cm³/mol. The Bertz CT molecular complexity index is 430. The van der Waals surface area contributed by atoms with Gasteiger partial charge in [-0.05, 0) is 37.1 Å². The number of rotatable bonds is 4. The maximum absolute atomic E-state index is 12.5. The van der Waals surface area contributed by atoms with Crippen LogP contribution in [-0.2, 0) is 6.42 Å². The zero-order valence-corrected chi connectivity index (χ0v) is 12.3. The summed E-state index contributed by atoms with van der Waals surface area (Å²) in [5.41, 5.74) is 7.67. The Morgan fingerprint density at radius 2 is 1.90 bits per heavy atom. The number of nitrogens with two attached hydrogens (primary N) is 1. The first kappa shape index (κ1) is 15.0. The number of hydrogen-bond acceptors (Lipinski definition) is 3. The third-order valence-electron chi connectivity index (χ3n) is 3.93. The van der Waals surface area contributed by atoms with Gasteiger partial charge in [0, 0.05) is 38.3 Å². The summed E-state index contributed by atoms with van der Waals surface area (Å²) in [7, 11) is 0. The third kappa shape index (κ3) is 3.81. The summed E-state index contributed by atoms with van der Waals surface area (Å²) in [4.78, 5) is 16.8. The van der Waals surface area contributed by atoms with Crippen LogP contribution in [0.15, 0.2) is 24.3 Å². The highest BCUT2D eigenvalue weighted by Crippen LogP contribution is 2.11. The predicted octanol–water partition coefficient (Wildman–Crippen LogP) is 1.36. The van der Waals surface area contributed by atoms with Crippen LogP contribution in [0.4, 0.5) is 0 Å². The van der Waals surface area contributed by atoms with Gasteiger partial charge in [0.1, 0.15) is 0 Å². The number of hydrogen-bond donors (Lipinski definition) is 1. The minimum Gasteiger partial charge on any atom is -0.337 e. The topological polar surface area (TPSA) is 49.6 Å². The molecule has 1 fully saturated rings. The molecule has 0 bridgehead atoms. The molecule has 2 N–H and O–H groups in total. The summed E-state index contributed by atoms with van der Waals surface area (Å²) >= 11 is 0. The summed E-state index contributed by atoms with van der Waals surface area (Å²) in [6, 6.07) is 7.99. The first-order valence-electron chi connectivity index (χ1n) is 7.55. The number of nitrogens with zero attached hydrogens (tertiary/aromatic N) is 2. The lowest BCUT2D eigenvalue weighted by molar-refractivity contribution is 0.0761. The third-order valence-corrected chi connectivity index (χ3v) is 3.93. The molecule has 4 nitrogen and oxygen atoms in total. The lowest BCUT2D eigenvalue weighted by atomic mass is 10.1. The molecule has 1 aromatic carbocycles. The van der Waals surface area contributed by atoms with Gasteiger partial charge in [-0.15, -0.1) is 0 Å². The van der Waals surface area contributed by atoms with Gasteiger partial charge in [0.25, 0.3) is 5.91 Å². The molecule has 0 atom stereocenters. The first-order valence-corrected chi connectivity index (χ1v) is 7.55. The molecule has 0 unspecified atom stereocenters. The van der Waals surface area contributed by atoms with Crippen molar-refractivity contribution in [3.8, 4) is 0 Å².